The van der Waals surface area contributed by atoms with Gasteiger partial charge in [-0.1, -0.05) is 26.0 Å². The maximum absolute atomic E-state index is 13.0. The molecule has 3 N–H and O–H groups in total. The van der Waals surface area contributed by atoms with Crippen LogP contribution in [0.2, 0.25) is 0 Å². The Kier molecular flexibility index (Phi) is 4.75. The number of nitrogens with zero attached hydrogens (tertiary/aromatic N) is 2. The van der Waals surface area contributed by atoms with Crippen LogP contribution in [0.25, 0.3) is 0 Å². The molecule has 7 heteroatoms. The number of nitrogens with one attached hydrogen (secondary N) is 1. The number of hydrogen-bond acceptors (Lipinski definition) is 5. The van der Waals surface area contributed by atoms with Crippen molar-refractivity contribution in [3.8, 4) is 0 Å². The molecule has 4 rings (SSSR count). The van der Waals surface area contributed by atoms with E-state index in [2.05, 4.69) is 30.1 Å². The Hall–Kier alpha value is -2.25. The molecule has 3 aliphatic rings. The van der Waals surface area contributed by atoms with E-state index in [1.807, 2.05) is 12.1 Å². The van der Waals surface area contributed by atoms with Gasteiger partial charge in [0.05, 0.1) is 0 Å². The quantitative estimate of drug-likeness (QED) is 0.758. The molecular weight excluding hydrogens is 356 g/mol. The number of amides is 3. The molecule has 2 saturated heterocycles. The van der Waals surface area contributed by atoms with Crippen LogP contribution in [-0.2, 0) is 22.7 Å². The van der Waals surface area contributed by atoms with Crippen molar-refractivity contribution in [2.45, 2.75) is 58.3 Å². The fourth-order valence-electron chi connectivity index (χ4n) is 5.00. The molecule has 1 aromatic carbocycles. The smallest absolute Gasteiger partial charge is 0.255 e. The molecule has 7 nitrogen and oxygen atoms in total. The molecule has 3 aliphatic heterocycles. The second-order valence-electron chi connectivity index (χ2n) is 9.14. The number of nitrogens with two attached hydrogens (primary N) is 1. The van der Waals surface area contributed by atoms with E-state index >= 15 is 0 Å². The van der Waals surface area contributed by atoms with Gasteiger partial charge in [0.1, 0.15) is 6.04 Å². The van der Waals surface area contributed by atoms with Gasteiger partial charge < -0.3 is 10.6 Å². The van der Waals surface area contributed by atoms with E-state index in [1.165, 1.54) is 0 Å². The molecule has 2 atom stereocenters. The lowest BCUT2D eigenvalue weighted by atomic mass is 9.82. The van der Waals surface area contributed by atoms with Crippen molar-refractivity contribution in [2.75, 3.05) is 13.1 Å². The molecule has 28 heavy (non-hydrogen) atoms. The van der Waals surface area contributed by atoms with Crippen molar-refractivity contribution in [2.24, 2.45) is 11.1 Å². The minimum atomic E-state index is -0.576. The summed E-state index contributed by atoms with van der Waals surface area (Å²) in [5, 5.41) is 2.35. The monoisotopic (exact) mass is 384 g/mol. The molecule has 0 bridgehead atoms. The molecule has 0 saturated carbocycles. The van der Waals surface area contributed by atoms with Gasteiger partial charge in [-0.05, 0) is 35.4 Å². The molecule has 3 heterocycles. The zero-order chi connectivity index (χ0) is 20.1. The number of carbonyl (C=O) groups excluding carboxylic acids is 3. The van der Waals surface area contributed by atoms with E-state index in [9.17, 15) is 14.4 Å². The highest BCUT2D eigenvalue weighted by Gasteiger charge is 2.40. The predicted octanol–water partition coefficient (Wildman–Crippen LogP) is 1.01. The van der Waals surface area contributed by atoms with Crippen molar-refractivity contribution in [1.82, 2.24) is 15.1 Å². The third kappa shape index (κ3) is 3.56. The number of likely N-dealkylation sites (tertiary alicyclic amines) is 1. The zero-order valence-electron chi connectivity index (χ0n) is 16.5. The van der Waals surface area contributed by atoms with E-state index < -0.39 is 6.04 Å². The first-order valence-corrected chi connectivity index (χ1v) is 9.97. The van der Waals surface area contributed by atoms with Crippen LogP contribution in [0.4, 0.5) is 0 Å². The maximum atomic E-state index is 13.0. The number of fused-ring (bicyclic) bond motifs is 1. The van der Waals surface area contributed by atoms with Crippen molar-refractivity contribution < 1.29 is 14.4 Å². The number of hydrogen-bond donors (Lipinski definition) is 2. The third-order valence-electron chi connectivity index (χ3n) is 6.03. The van der Waals surface area contributed by atoms with Crippen molar-refractivity contribution in [3.63, 3.8) is 0 Å². The maximum Gasteiger partial charge on any atom is 0.255 e. The van der Waals surface area contributed by atoms with E-state index in [0.29, 0.717) is 18.5 Å². The van der Waals surface area contributed by atoms with Gasteiger partial charge in [-0.15, -0.1) is 0 Å². The van der Waals surface area contributed by atoms with Crippen LogP contribution in [0.3, 0.4) is 0 Å². The standard InChI is InChI=1S/C21H28N4O3/c1-21(2)8-14(22)10-24(12-21)9-13-4-3-5-15-16(13)11-25(20(15)28)17-6-7-18(26)23-19(17)27/h3-5,14,17H,6-12,22H2,1-2H3,(H,23,26,27). The van der Waals surface area contributed by atoms with Gasteiger partial charge in [0.15, 0.2) is 0 Å². The second-order valence-corrected chi connectivity index (χ2v) is 9.14. The first-order chi connectivity index (χ1) is 13.2. The molecular formula is C21H28N4O3. The first kappa shape index (κ1) is 19.1. The first-order valence-electron chi connectivity index (χ1n) is 9.97. The summed E-state index contributed by atoms with van der Waals surface area (Å²) in [5.41, 5.74) is 9.21. The normalized spacial score (nSPS) is 27.7. The molecule has 150 valence electrons. The summed E-state index contributed by atoms with van der Waals surface area (Å²) in [4.78, 5) is 40.6. The van der Waals surface area contributed by atoms with Crippen molar-refractivity contribution in [1.29, 1.82) is 0 Å². The lowest BCUT2D eigenvalue weighted by Gasteiger charge is -2.41. The lowest BCUT2D eigenvalue weighted by Crippen LogP contribution is -2.52. The Morgan fingerprint density at radius 2 is 2.04 bits per heavy atom. The van der Waals surface area contributed by atoms with Crippen molar-refractivity contribution >= 4 is 17.7 Å². The molecule has 0 aliphatic carbocycles. The number of imide groups is 1. The number of carbonyl (C=O) groups is 3. The number of benzene rings is 1. The Balaban J connectivity index is 1.55. The SMILES string of the molecule is CC1(C)CC(N)CN(Cc2cccc3c2CN(C2CCC(=O)NC2=O)C3=O)C1. The third-order valence-corrected chi connectivity index (χ3v) is 6.03. The van der Waals surface area contributed by atoms with Gasteiger partial charge in [0.25, 0.3) is 5.91 Å². The van der Waals surface area contributed by atoms with Gasteiger partial charge in [0.2, 0.25) is 11.8 Å². The molecule has 2 unspecified atom stereocenters. The van der Waals surface area contributed by atoms with E-state index in [-0.39, 0.29) is 35.6 Å². The number of rotatable bonds is 3. The number of piperidine rings is 2. The van der Waals surface area contributed by atoms with Gasteiger partial charge >= 0.3 is 0 Å². The lowest BCUT2D eigenvalue weighted by molar-refractivity contribution is -0.136. The largest absolute Gasteiger partial charge is 0.327 e. The van der Waals surface area contributed by atoms with Crippen LogP contribution in [0.5, 0.6) is 0 Å². The summed E-state index contributed by atoms with van der Waals surface area (Å²) < 4.78 is 0. The van der Waals surface area contributed by atoms with Crippen LogP contribution in [0.15, 0.2) is 18.2 Å². The Labute approximate surface area is 165 Å². The summed E-state index contributed by atoms with van der Waals surface area (Å²) in [6, 6.07) is 5.39. The molecule has 0 aromatic heterocycles. The summed E-state index contributed by atoms with van der Waals surface area (Å²) in [7, 11) is 0. The van der Waals surface area contributed by atoms with Crippen LogP contribution in [0.1, 0.15) is 54.6 Å². The summed E-state index contributed by atoms with van der Waals surface area (Å²) in [6.07, 6.45) is 1.66. The highest BCUT2D eigenvalue weighted by molar-refractivity contribution is 6.05. The Morgan fingerprint density at radius 1 is 1.25 bits per heavy atom. The molecule has 2 fully saturated rings. The minimum absolute atomic E-state index is 0.123. The second kappa shape index (κ2) is 6.97. The van der Waals surface area contributed by atoms with E-state index in [1.54, 1.807) is 4.90 Å². The summed E-state index contributed by atoms with van der Waals surface area (Å²) >= 11 is 0. The fraction of sp³-hybridized carbons (Fsp3) is 0.571. The van der Waals surface area contributed by atoms with Crippen LogP contribution in [-0.4, -0.2) is 52.7 Å². The minimum Gasteiger partial charge on any atom is -0.327 e. The average molecular weight is 384 g/mol. The zero-order valence-corrected chi connectivity index (χ0v) is 16.5. The molecule has 3 amide bonds. The Bertz CT molecular complexity index is 835. The fourth-order valence-corrected chi connectivity index (χ4v) is 5.00. The topological polar surface area (TPSA) is 95.7 Å². The highest BCUT2D eigenvalue weighted by atomic mass is 16.2. The molecule has 1 aromatic rings. The van der Waals surface area contributed by atoms with Crippen LogP contribution in [0, 0.1) is 5.41 Å². The highest BCUT2D eigenvalue weighted by Crippen LogP contribution is 2.33. The van der Waals surface area contributed by atoms with E-state index in [0.717, 1.165) is 37.2 Å². The molecule has 0 radical (unpaired) electrons. The van der Waals surface area contributed by atoms with Gasteiger partial charge in [0, 0.05) is 44.2 Å². The van der Waals surface area contributed by atoms with Crippen LogP contribution >= 0.6 is 0 Å². The predicted molar refractivity (Wildman–Crippen MR) is 104 cm³/mol. The summed E-state index contributed by atoms with van der Waals surface area (Å²) in [5.74, 6) is -0.764. The summed E-state index contributed by atoms with van der Waals surface area (Å²) in [6.45, 7) is 7.45. The average Bonchev–Trinajstić information content (AvgIpc) is 2.91. The van der Waals surface area contributed by atoms with Gasteiger partial charge in [-0.2, -0.15) is 0 Å². The Morgan fingerprint density at radius 3 is 2.75 bits per heavy atom. The van der Waals surface area contributed by atoms with Crippen LogP contribution < -0.4 is 11.1 Å². The molecule has 0 spiro atoms. The van der Waals surface area contributed by atoms with Crippen molar-refractivity contribution in [3.05, 3.63) is 34.9 Å². The van der Waals surface area contributed by atoms with Gasteiger partial charge in [-0.3, -0.25) is 24.6 Å². The van der Waals surface area contributed by atoms with Gasteiger partial charge in [-0.25, -0.2) is 0 Å². The van der Waals surface area contributed by atoms with E-state index in [4.69, 9.17) is 5.73 Å².